The largest absolute Gasteiger partial charge is 0.494 e. The molecule has 0 aliphatic carbocycles. The Hall–Kier alpha value is -3.93. The van der Waals surface area contributed by atoms with Gasteiger partial charge in [0.25, 0.3) is 11.8 Å². The third-order valence-corrected chi connectivity index (χ3v) is 5.32. The van der Waals surface area contributed by atoms with Gasteiger partial charge in [0.15, 0.2) is 0 Å². The van der Waals surface area contributed by atoms with E-state index in [0.29, 0.717) is 23.5 Å². The Morgan fingerprint density at radius 2 is 1.66 bits per heavy atom. The highest BCUT2D eigenvalue weighted by atomic mass is 16.5. The van der Waals surface area contributed by atoms with E-state index in [1.54, 1.807) is 42.7 Å². The van der Waals surface area contributed by atoms with Crippen molar-refractivity contribution in [1.82, 2.24) is 9.88 Å². The molecule has 1 aliphatic rings. The van der Waals surface area contributed by atoms with E-state index < -0.39 is 0 Å². The van der Waals surface area contributed by atoms with Crippen LogP contribution in [-0.2, 0) is 22.6 Å². The minimum absolute atomic E-state index is 0.159. The Morgan fingerprint density at radius 3 is 2.28 bits per heavy atom. The number of carbonyl (C=O) groups excluding carboxylic acids is 2. The van der Waals surface area contributed by atoms with Gasteiger partial charge in [-0.1, -0.05) is 37.3 Å². The molecule has 0 fully saturated rings. The first-order chi connectivity index (χ1) is 15.6. The Labute approximate surface area is 187 Å². The molecule has 0 spiro atoms. The average Bonchev–Trinajstić information content (AvgIpc) is 3.05. The summed E-state index contributed by atoms with van der Waals surface area (Å²) in [4.78, 5) is 32.1. The molecule has 6 heteroatoms. The lowest BCUT2D eigenvalue weighted by Gasteiger charge is -2.15. The molecule has 0 saturated heterocycles. The van der Waals surface area contributed by atoms with Crippen molar-refractivity contribution in [3.05, 3.63) is 95.4 Å². The van der Waals surface area contributed by atoms with E-state index >= 15 is 0 Å². The van der Waals surface area contributed by atoms with Crippen molar-refractivity contribution in [3.8, 4) is 5.75 Å². The zero-order chi connectivity index (χ0) is 22.5. The van der Waals surface area contributed by atoms with Crippen LogP contribution < -0.4 is 10.1 Å². The molecular formula is C26H25N3O3. The number of rotatable bonds is 8. The summed E-state index contributed by atoms with van der Waals surface area (Å²) >= 11 is 0. The quantitative estimate of drug-likeness (QED) is 0.539. The van der Waals surface area contributed by atoms with E-state index in [1.165, 1.54) is 10.5 Å². The molecule has 6 nitrogen and oxygen atoms in total. The van der Waals surface area contributed by atoms with Gasteiger partial charge in [0.2, 0.25) is 0 Å². The van der Waals surface area contributed by atoms with Crippen molar-refractivity contribution in [2.24, 2.45) is 0 Å². The van der Waals surface area contributed by atoms with E-state index in [2.05, 4.69) is 17.2 Å². The van der Waals surface area contributed by atoms with Gasteiger partial charge in [-0.25, -0.2) is 0 Å². The molecule has 0 bridgehead atoms. The maximum Gasteiger partial charge on any atom is 0.278 e. The number of carbonyl (C=O) groups is 2. The second kappa shape index (κ2) is 9.47. The number of anilines is 1. The van der Waals surface area contributed by atoms with Crippen LogP contribution in [-0.4, -0.2) is 28.3 Å². The van der Waals surface area contributed by atoms with E-state index in [1.807, 2.05) is 37.3 Å². The maximum absolute atomic E-state index is 13.4. The summed E-state index contributed by atoms with van der Waals surface area (Å²) in [7, 11) is 0. The van der Waals surface area contributed by atoms with E-state index in [9.17, 15) is 9.59 Å². The molecule has 3 aromatic rings. The molecule has 4 rings (SSSR count). The van der Waals surface area contributed by atoms with Gasteiger partial charge in [0.05, 0.1) is 18.7 Å². The van der Waals surface area contributed by atoms with E-state index in [0.717, 1.165) is 17.7 Å². The fraction of sp³-hybridized carbons (Fsp3) is 0.192. The normalized spacial score (nSPS) is 13.6. The number of pyridine rings is 1. The van der Waals surface area contributed by atoms with Gasteiger partial charge < -0.3 is 10.1 Å². The summed E-state index contributed by atoms with van der Waals surface area (Å²) < 4.78 is 5.51. The third kappa shape index (κ3) is 4.39. The number of benzene rings is 2. The lowest BCUT2D eigenvalue weighted by Crippen LogP contribution is -2.32. The zero-order valence-corrected chi connectivity index (χ0v) is 18.2. The van der Waals surface area contributed by atoms with Crippen LogP contribution in [0.3, 0.4) is 0 Å². The summed E-state index contributed by atoms with van der Waals surface area (Å²) in [5, 5.41) is 3.20. The molecule has 162 valence electrons. The predicted molar refractivity (Wildman–Crippen MR) is 124 cm³/mol. The van der Waals surface area contributed by atoms with Crippen LogP contribution in [0.25, 0.3) is 5.57 Å². The monoisotopic (exact) mass is 427 g/mol. The van der Waals surface area contributed by atoms with Gasteiger partial charge in [0, 0.05) is 18.1 Å². The van der Waals surface area contributed by atoms with Crippen molar-refractivity contribution in [2.45, 2.75) is 26.8 Å². The van der Waals surface area contributed by atoms with E-state index in [-0.39, 0.29) is 24.1 Å². The zero-order valence-electron chi connectivity index (χ0n) is 18.2. The molecule has 2 heterocycles. The minimum Gasteiger partial charge on any atom is -0.494 e. The van der Waals surface area contributed by atoms with Crippen LogP contribution in [0, 0.1) is 0 Å². The van der Waals surface area contributed by atoms with Gasteiger partial charge in [0.1, 0.15) is 11.4 Å². The minimum atomic E-state index is -0.359. The number of hydrogen-bond acceptors (Lipinski definition) is 5. The van der Waals surface area contributed by atoms with Crippen LogP contribution in [0.4, 0.5) is 5.69 Å². The summed E-state index contributed by atoms with van der Waals surface area (Å²) in [6.45, 7) is 4.72. The number of imide groups is 1. The Balaban J connectivity index is 1.70. The van der Waals surface area contributed by atoms with Gasteiger partial charge in [-0.05, 0) is 60.4 Å². The molecule has 0 saturated carbocycles. The Kier molecular flexibility index (Phi) is 6.31. The lowest BCUT2D eigenvalue weighted by atomic mass is 10.0. The fourth-order valence-electron chi connectivity index (χ4n) is 3.63. The number of hydrogen-bond donors (Lipinski definition) is 1. The second-order valence-electron chi connectivity index (χ2n) is 7.44. The van der Waals surface area contributed by atoms with Crippen LogP contribution in [0.15, 0.2) is 78.8 Å². The topological polar surface area (TPSA) is 71.5 Å². The SMILES string of the molecule is CCOc1ccc(C2=C(Nc3ccc(CC)cc3)C(=O)N(Cc3cccnc3)C2=O)cc1. The van der Waals surface area contributed by atoms with Gasteiger partial charge >= 0.3 is 0 Å². The first kappa shape index (κ1) is 21.3. The van der Waals surface area contributed by atoms with E-state index in [4.69, 9.17) is 4.74 Å². The fourth-order valence-corrected chi connectivity index (χ4v) is 3.63. The summed E-state index contributed by atoms with van der Waals surface area (Å²) in [5.74, 6) is 0.0171. The molecule has 1 aromatic heterocycles. The van der Waals surface area contributed by atoms with Gasteiger partial charge in [-0.2, -0.15) is 0 Å². The Bertz CT molecular complexity index is 1140. The predicted octanol–water partition coefficient (Wildman–Crippen LogP) is 4.43. The van der Waals surface area contributed by atoms with Crippen LogP contribution in [0.2, 0.25) is 0 Å². The molecule has 0 radical (unpaired) electrons. The molecule has 0 unspecified atom stereocenters. The number of nitrogens with one attached hydrogen (secondary N) is 1. The number of aryl methyl sites for hydroxylation is 1. The van der Waals surface area contributed by atoms with Crippen molar-refractivity contribution >= 4 is 23.1 Å². The number of nitrogens with zero attached hydrogens (tertiary/aromatic N) is 2. The molecule has 32 heavy (non-hydrogen) atoms. The second-order valence-corrected chi connectivity index (χ2v) is 7.44. The standard InChI is InChI=1S/C26H25N3O3/c1-3-18-7-11-21(12-8-18)28-24-23(20-9-13-22(14-10-20)32-4-2)25(30)29(26(24)31)17-19-6-5-15-27-16-19/h5-16,28H,3-4,17H2,1-2H3. The maximum atomic E-state index is 13.4. The van der Waals surface area contributed by atoms with Crippen LogP contribution in [0.5, 0.6) is 5.75 Å². The van der Waals surface area contributed by atoms with Gasteiger partial charge in [-0.3, -0.25) is 19.5 Å². The molecule has 0 atom stereocenters. The van der Waals surface area contributed by atoms with Crippen molar-refractivity contribution in [1.29, 1.82) is 0 Å². The average molecular weight is 428 g/mol. The molecule has 1 N–H and O–H groups in total. The third-order valence-electron chi connectivity index (χ3n) is 5.32. The molecule has 1 aliphatic heterocycles. The highest BCUT2D eigenvalue weighted by Crippen LogP contribution is 2.32. The van der Waals surface area contributed by atoms with Crippen LogP contribution >= 0.6 is 0 Å². The van der Waals surface area contributed by atoms with Gasteiger partial charge in [-0.15, -0.1) is 0 Å². The number of aromatic nitrogens is 1. The van der Waals surface area contributed by atoms with Crippen molar-refractivity contribution in [3.63, 3.8) is 0 Å². The lowest BCUT2D eigenvalue weighted by molar-refractivity contribution is -0.137. The first-order valence-corrected chi connectivity index (χ1v) is 10.7. The summed E-state index contributed by atoms with van der Waals surface area (Å²) in [6.07, 6.45) is 4.25. The molecule has 2 aromatic carbocycles. The first-order valence-electron chi connectivity index (χ1n) is 10.7. The van der Waals surface area contributed by atoms with Crippen molar-refractivity contribution in [2.75, 3.05) is 11.9 Å². The Morgan fingerprint density at radius 1 is 0.906 bits per heavy atom. The smallest absolute Gasteiger partial charge is 0.278 e. The molecular weight excluding hydrogens is 402 g/mol. The highest BCUT2D eigenvalue weighted by Gasteiger charge is 2.39. The van der Waals surface area contributed by atoms with Crippen LogP contribution in [0.1, 0.15) is 30.5 Å². The summed E-state index contributed by atoms with van der Waals surface area (Å²) in [5.41, 5.74) is 4.02. The van der Waals surface area contributed by atoms with Crippen molar-refractivity contribution < 1.29 is 14.3 Å². The highest BCUT2D eigenvalue weighted by molar-refractivity contribution is 6.36. The number of amides is 2. The summed E-state index contributed by atoms with van der Waals surface area (Å²) in [6, 6.07) is 18.7. The number of ether oxygens (including phenoxy) is 1. The molecule has 2 amide bonds.